The Hall–Kier alpha value is -2.28. The standard InChI is InChI=1S/C17H15N/c1-2-7-15(8-3-1)13-18-12-6-11-16-9-4-5-10-17(16)14-18/h1-12,14H,13H2. The van der Waals surface area contributed by atoms with Gasteiger partial charge in [0.25, 0.3) is 0 Å². The molecule has 0 unspecified atom stereocenters. The first-order valence-corrected chi connectivity index (χ1v) is 6.17. The summed E-state index contributed by atoms with van der Waals surface area (Å²) in [6.07, 6.45) is 8.57. The molecule has 0 amide bonds. The Kier molecular flexibility index (Phi) is 2.97. The summed E-state index contributed by atoms with van der Waals surface area (Å²) in [4.78, 5) is 2.22. The SMILES string of the molecule is C1=CN(Cc2ccccc2)C=c2ccccc2=C1. The quantitative estimate of drug-likeness (QED) is 0.769. The van der Waals surface area contributed by atoms with Gasteiger partial charge in [0, 0.05) is 18.9 Å². The number of rotatable bonds is 2. The molecule has 0 saturated carbocycles. The van der Waals surface area contributed by atoms with E-state index in [2.05, 4.69) is 84.0 Å². The third-order valence-electron chi connectivity index (χ3n) is 3.06. The number of hydrogen-bond donors (Lipinski definition) is 0. The lowest BCUT2D eigenvalue weighted by Crippen LogP contribution is -2.25. The van der Waals surface area contributed by atoms with Crippen molar-refractivity contribution in [3.05, 3.63) is 82.9 Å². The fourth-order valence-electron chi connectivity index (χ4n) is 2.15. The van der Waals surface area contributed by atoms with Crippen LogP contribution in [0.2, 0.25) is 0 Å². The van der Waals surface area contributed by atoms with Crippen LogP contribution in [0.15, 0.2) is 66.9 Å². The predicted molar refractivity (Wildman–Crippen MR) is 75.7 cm³/mol. The van der Waals surface area contributed by atoms with E-state index in [1.54, 1.807) is 0 Å². The number of allylic oxidation sites excluding steroid dienone is 1. The Balaban J connectivity index is 1.94. The summed E-state index contributed by atoms with van der Waals surface area (Å²) in [6.45, 7) is 0.902. The van der Waals surface area contributed by atoms with Gasteiger partial charge in [-0.2, -0.15) is 0 Å². The van der Waals surface area contributed by atoms with E-state index in [-0.39, 0.29) is 0 Å². The van der Waals surface area contributed by atoms with Crippen LogP contribution in [-0.2, 0) is 6.54 Å². The van der Waals surface area contributed by atoms with Crippen molar-refractivity contribution in [3.8, 4) is 0 Å². The molecule has 1 nitrogen and oxygen atoms in total. The van der Waals surface area contributed by atoms with Gasteiger partial charge in [-0.1, -0.05) is 60.7 Å². The minimum atomic E-state index is 0.902. The molecule has 0 bridgehead atoms. The van der Waals surface area contributed by atoms with Crippen LogP contribution in [0.5, 0.6) is 0 Å². The highest BCUT2D eigenvalue weighted by atomic mass is 15.1. The van der Waals surface area contributed by atoms with Gasteiger partial charge < -0.3 is 4.90 Å². The molecule has 0 atom stereocenters. The van der Waals surface area contributed by atoms with Crippen molar-refractivity contribution in [2.24, 2.45) is 0 Å². The van der Waals surface area contributed by atoms with E-state index in [9.17, 15) is 0 Å². The maximum Gasteiger partial charge on any atom is 0.0470 e. The van der Waals surface area contributed by atoms with Gasteiger partial charge in [0.2, 0.25) is 0 Å². The van der Waals surface area contributed by atoms with Crippen molar-refractivity contribution in [3.63, 3.8) is 0 Å². The Morgan fingerprint density at radius 2 is 1.50 bits per heavy atom. The summed E-state index contributed by atoms with van der Waals surface area (Å²) in [5.41, 5.74) is 1.32. The Labute approximate surface area is 107 Å². The molecule has 1 heterocycles. The molecule has 1 heteroatoms. The zero-order valence-electron chi connectivity index (χ0n) is 10.2. The summed E-state index contributed by atoms with van der Waals surface area (Å²) < 4.78 is 0. The highest BCUT2D eigenvalue weighted by Gasteiger charge is 1.99. The van der Waals surface area contributed by atoms with E-state index in [4.69, 9.17) is 0 Å². The molecule has 2 aromatic rings. The lowest BCUT2D eigenvalue weighted by Gasteiger charge is -2.14. The van der Waals surface area contributed by atoms with Crippen molar-refractivity contribution < 1.29 is 0 Å². The summed E-state index contributed by atoms with van der Waals surface area (Å²) in [5.74, 6) is 0. The molecule has 0 aromatic heterocycles. The van der Waals surface area contributed by atoms with Crippen molar-refractivity contribution in [1.82, 2.24) is 4.90 Å². The van der Waals surface area contributed by atoms with Crippen LogP contribution >= 0.6 is 0 Å². The van der Waals surface area contributed by atoms with E-state index in [0.29, 0.717) is 0 Å². The van der Waals surface area contributed by atoms with Crippen molar-refractivity contribution in [1.29, 1.82) is 0 Å². The molecule has 0 N–H and O–H groups in total. The average molecular weight is 233 g/mol. The minimum absolute atomic E-state index is 0.902. The molecule has 1 aliphatic rings. The van der Waals surface area contributed by atoms with Crippen LogP contribution in [0.4, 0.5) is 0 Å². The van der Waals surface area contributed by atoms with Crippen LogP contribution in [0.3, 0.4) is 0 Å². The molecule has 18 heavy (non-hydrogen) atoms. The summed E-state index contributed by atoms with van der Waals surface area (Å²) in [7, 11) is 0. The molecule has 1 aliphatic heterocycles. The third kappa shape index (κ3) is 2.35. The highest BCUT2D eigenvalue weighted by Crippen LogP contribution is 2.06. The predicted octanol–water partition coefficient (Wildman–Crippen LogP) is 2.23. The first-order chi connectivity index (χ1) is 8.92. The second-order valence-electron chi connectivity index (χ2n) is 4.42. The lowest BCUT2D eigenvalue weighted by atomic mass is 10.2. The van der Waals surface area contributed by atoms with Crippen molar-refractivity contribution in [2.45, 2.75) is 6.54 Å². The Bertz CT molecular complexity index is 668. The smallest absolute Gasteiger partial charge is 0.0470 e. The zero-order valence-corrected chi connectivity index (χ0v) is 10.2. The molecular formula is C17H15N. The molecule has 0 fully saturated rings. The largest absolute Gasteiger partial charge is 0.349 e. The van der Waals surface area contributed by atoms with E-state index in [0.717, 1.165) is 6.54 Å². The fraction of sp³-hybridized carbons (Fsp3) is 0.0588. The molecule has 2 aromatic carbocycles. The van der Waals surface area contributed by atoms with Crippen molar-refractivity contribution >= 4 is 12.3 Å². The normalized spacial score (nSPS) is 13.2. The zero-order chi connectivity index (χ0) is 12.2. The average Bonchev–Trinajstić information content (AvgIpc) is 2.61. The molecule has 3 rings (SSSR count). The van der Waals surface area contributed by atoms with E-state index in [1.165, 1.54) is 16.0 Å². The topological polar surface area (TPSA) is 3.24 Å². The lowest BCUT2D eigenvalue weighted by molar-refractivity contribution is 0.545. The van der Waals surface area contributed by atoms with Crippen molar-refractivity contribution in [2.75, 3.05) is 0 Å². The molecular weight excluding hydrogens is 218 g/mol. The van der Waals surface area contributed by atoms with Gasteiger partial charge in [0.1, 0.15) is 0 Å². The van der Waals surface area contributed by atoms with Crippen LogP contribution in [-0.4, -0.2) is 4.90 Å². The highest BCUT2D eigenvalue weighted by molar-refractivity contribution is 5.43. The molecule has 0 radical (unpaired) electrons. The molecule has 0 aliphatic carbocycles. The van der Waals surface area contributed by atoms with Gasteiger partial charge in [0.05, 0.1) is 0 Å². The van der Waals surface area contributed by atoms with Gasteiger partial charge in [-0.05, 0) is 22.1 Å². The van der Waals surface area contributed by atoms with Gasteiger partial charge >= 0.3 is 0 Å². The summed E-state index contributed by atoms with van der Waals surface area (Å²) in [5, 5.41) is 2.53. The third-order valence-corrected chi connectivity index (χ3v) is 3.06. The number of hydrogen-bond acceptors (Lipinski definition) is 1. The van der Waals surface area contributed by atoms with Crippen LogP contribution in [0.1, 0.15) is 5.56 Å². The number of nitrogens with zero attached hydrogens (tertiary/aromatic N) is 1. The maximum atomic E-state index is 2.22. The van der Waals surface area contributed by atoms with Crippen LogP contribution < -0.4 is 10.4 Å². The molecule has 88 valence electrons. The Morgan fingerprint density at radius 3 is 2.33 bits per heavy atom. The summed E-state index contributed by atoms with van der Waals surface area (Å²) >= 11 is 0. The maximum absolute atomic E-state index is 2.22. The van der Waals surface area contributed by atoms with Crippen LogP contribution in [0, 0.1) is 0 Å². The van der Waals surface area contributed by atoms with E-state index < -0.39 is 0 Å². The van der Waals surface area contributed by atoms with E-state index >= 15 is 0 Å². The first kappa shape index (κ1) is 10.8. The molecule has 0 spiro atoms. The van der Waals surface area contributed by atoms with Crippen LogP contribution in [0.25, 0.3) is 12.3 Å². The monoisotopic (exact) mass is 233 g/mol. The number of fused-ring (bicyclic) bond motifs is 1. The van der Waals surface area contributed by atoms with Gasteiger partial charge in [0.15, 0.2) is 0 Å². The van der Waals surface area contributed by atoms with Gasteiger partial charge in [-0.3, -0.25) is 0 Å². The van der Waals surface area contributed by atoms with Gasteiger partial charge in [-0.25, -0.2) is 0 Å². The van der Waals surface area contributed by atoms with E-state index in [1.807, 2.05) is 0 Å². The first-order valence-electron chi connectivity index (χ1n) is 6.17. The summed E-state index contributed by atoms with van der Waals surface area (Å²) in [6, 6.07) is 19.0. The fourth-order valence-corrected chi connectivity index (χ4v) is 2.15. The number of benzene rings is 2. The minimum Gasteiger partial charge on any atom is -0.349 e. The molecule has 0 saturated heterocycles. The Morgan fingerprint density at radius 1 is 0.778 bits per heavy atom. The van der Waals surface area contributed by atoms with Gasteiger partial charge in [-0.15, -0.1) is 0 Å². The second-order valence-corrected chi connectivity index (χ2v) is 4.42. The second kappa shape index (κ2) is 4.92.